The molecule has 4 rings (SSSR count). The van der Waals surface area contributed by atoms with Crippen molar-refractivity contribution in [2.24, 2.45) is 0 Å². The molecule has 0 atom stereocenters. The van der Waals surface area contributed by atoms with Crippen LogP contribution in [0.2, 0.25) is 0 Å². The lowest BCUT2D eigenvalue weighted by atomic mass is 9.99. The molecule has 186 valence electrons. The first-order valence-corrected chi connectivity index (χ1v) is 11.7. The van der Waals surface area contributed by atoms with Gasteiger partial charge in [-0.3, -0.25) is 4.79 Å². The van der Waals surface area contributed by atoms with Crippen LogP contribution in [0.25, 0.3) is 11.3 Å². The van der Waals surface area contributed by atoms with E-state index in [1.807, 2.05) is 38.1 Å². The molecule has 2 aromatic heterocycles. The largest absolute Gasteiger partial charge is 0.471 e. The van der Waals surface area contributed by atoms with Gasteiger partial charge in [-0.25, -0.2) is 18.7 Å². The molecule has 0 aliphatic heterocycles. The van der Waals surface area contributed by atoms with Crippen LogP contribution in [0.3, 0.4) is 0 Å². The second-order valence-corrected chi connectivity index (χ2v) is 8.65. The van der Waals surface area contributed by atoms with Crippen molar-refractivity contribution in [3.63, 3.8) is 0 Å². The number of halogens is 2. The van der Waals surface area contributed by atoms with E-state index >= 15 is 0 Å². The van der Waals surface area contributed by atoms with Gasteiger partial charge in [0.05, 0.1) is 11.3 Å². The van der Waals surface area contributed by atoms with Crippen molar-refractivity contribution in [3.8, 4) is 17.1 Å². The fourth-order valence-corrected chi connectivity index (χ4v) is 3.85. The first kappa shape index (κ1) is 25.2. The van der Waals surface area contributed by atoms with Crippen LogP contribution in [-0.4, -0.2) is 20.9 Å². The fraction of sp³-hybridized carbons (Fsp3) is 0.286. The van der Waals surface area contributed by atoms with E-state index in [1.54, 1.807) is 24.5 Å². The van der Waals surface area contributed by atoms with Gasteiger partial charge in [-0.15, -0.1) is 0 Å². The number of rotatable bonds is 10. The third-order valence-electron chi connectivity index (χ3n) is 6.05. The highest BCUT2D eigenvalue weighted by Gasteiger charge is 2.28. The van der Waals surface area contributed by atoms with E-state index in [1.165, 1.54) is 19.1 Å². The number of nitrogens with zero attached hydrogens (tertiary/aromatic N) is 3. The summed E-state index contributed by atoms with van der Waals surface area (Å²) in [6, 6.07) is 13.5. The normalized spacial score (nSPS) is 11.5. The van der Waals surface area contributed by atoms with Gasteiger partial charge in [-0.05, 0) is 25.0 Å². The topological polar surface area (TPSA) is 78.1 Å². The number of aryl methyl sites for hydroxylation is 2. The minimum absolute atomic E-state index is 0.000683. The number of carbonyl (C=O) groups is 1. The van der Waals surface area contributed by atoms with Gasteiger partial charge in [0.15, 0.2) is 0 Å². The van der Waals surface area contributed by atoms with Crippen LogP contribution >= 0.6 is 0 Å². The lowest BCUT2D eigenvalue weighted by Crippen LogP contribution is -2.12. The Morgan fingerprint density at radius 3 is 2.14 bits per heavy atom. The summed E-state index contributed by atoms with van der Waals surface area (Å²) in [5.41, 5.74) is 4.56. The second kappa shape index (κ2) is 10.8. The fourth-order valence-electron chi connectivity index (χ4n) is 3.85. The Morgan fingerprint density at radius 2 is 1.56 bits per heavy atom. The number of aromatic nitrogens is 3. The van der Waals surface area contributed by atoms with Crippen molar-refractivity contribution in [3.05, 3.63) is 94.6 Å². The van der Waals surface area contributed by atoms with E-state index < -0.39 is 5.92 Å². The number of ether oxygens (including phenoxy) is 1. The lowest BCUT2D eigenvalue weighted by Gasteiger charge is -2.14. The molecule has 0 bridgehead atoms. The standard InChI is InChI=1S/C28H27F2N3O3/c1-4-28(29,30)23-11-7-21(8-12-23)16-24(34)15-20-5-9-22(10-6-20)26-27(32-14-13-31-26)35-17-25-18(2)33-36-19(25)3/h5-14H,4,15-17H2,1-3H3. The molecule has 0 fully saturated rings. The van der Waals surface area contributed by atoms with Crippen LogP contribution in [-0.2, 0) is 30.2 Å². The minimum atomic E-state index is -2.85. The maximum Gasteiger partial charge on any atom is 0.273 e. The smallest absolute Gasteiger partial charge is 0.273 e. The molecule has 4 aromatic rings. The van der Waals surface area contributed by atoms with Gasteiger partial charge < -0.3 is 9.26 Å². The third-order valence-corrected chi connectivity index (χ3v) is 6.05. The summed E-state index contributed by atoms with van der Waals surface area (Å²) in [6.07, 6.45) is 3.32. The molecule has 0 spiro atoms. The van der Waals surface area contributed by atoms with Crippen molar-refractivity contribution < 1.29 is 22.8 Å². The highest BCUT2D eigenvalue weighted by molar-refractivity contribution is 5.83. The van der Waals surface area contributed by atoms with Crippen molar-refractivity contribution in [1.29, 1.82) is 0 Å². The zero-order chi connectivity index (χ0) is 25.7. The monoisotopic (exact) mass is 491 g/mol. The molecule has 6 nitrogen and oxygen atoms in total. The molecule has 0 radical (unpaired) electrons. The zero-order valence-electron chi connectivity index (χ0n) is 20.4. The molecule has 0 saturated carbocycles. The van der Waals surface area contributed by atoms with Crippen LogP contribution in [0.4, 0.5) is 8.78 Å². The van der Waals surface area contributed by atoms with Gasteiger partial charge in [-0.2, -0.15) is 0 Å². The van der Waals surface area contributed by atoms with E-state index in [0.717, 1.165) is 22.4 Å². The maximum absolute atomic E-state index is 13.8. The number of hydrogen-bond acceptors (Lipinski definition) is 6. The van der Waals surface area contributed by atoms with Gasteiger partial charge in [-0.1, -0.05) is 60.6 Å². The van der Waals surface area contributed by atoms with Gasteiger partial charge in [0, 0.05) is 42.8 Å². The highest BCUT2D eigenvalue weighted by Crippen LogP contribution is 2.31. The van der Waals surface area contributed by atoms with Crippen molar-refractivity contribution in [2.45, 2.75) is 52.6 Å². The van der Waals surface area contributed by atoms with Gasteiger partial charge in [0.2, 0.25) is 5.88 Å². The van der Waals surface area contributed by atoms with Gasteiger partial charge in [0.25, 0.3) is 5.92 Å². The number of Topliss-reactive ketones (excluding diaryl/α,β-unsaturated/α-hetero) is 1. The quantitative estimate of drug-likeness (QED) is 0.263. The predicted molar refractivity (Wildman–Crippen MR) is 131 cm³/mol. The zero-order valence-corrected chi connectivity index (χ0v) is 20.4. The molecule has 0 unspecified atom stereocenters. The van der Waals surface area contributed by atoms with E-state index in [0.29, 0.717) is 22.9 Å². The van der Waals surface area contributed by atoms with E-state index in [4.69, 9.17) is 9.26 Å². The van der Waals surface area contributed by atoms with Crippen LogP contribution < -0.4 is 4.74 Å². The Kier molecular flexibility index (Phi) is 7.52. The molecule has 0 saturated heterocycles. The average Bonchev–Trinajstić information content (AvgIpc) is 3.20. The molecular weight excluding hydrogens is 464 g/mol. The van der Waals surface area contributed by atoms with Gasteiger partial charge in [0.1, 0.15) is 23.8 Å². The summed E-state index contributed by atoms with van der Waals surface area (Å²) in [4.78, 5) is 21.3. The maximum atomic E-state index is 13.8. The SMILES string of the molecule is CCC(F)(F)c1ccc(CC(=O)Cc2ccc(-c3nccnc3OCc3c(C)noc3C)cc2)cc1. The first-order chi connectivity index (χ1) is 17.3. The predicted octanol–water partition coefficient (Wildman–Crippen LogP) is 6.18. The van der Waals surface area contributed by atoms with E-state index in [9.17, 15) is 13.6 Å². The summed E-state index contributed by atoms with van der Waals surface area (Å²) >= 11 is 0. The van der Waals surface area contributed by atoms with Crippen LogP contribution in [0.5, 0.6) is 5.88 Å². The van der Waals surface area contributed by atoms with Crippen LogP contribution in [0, 0.1) is 13.8 Å². The Balaban J connectivity index is 1.40. The second-order valence-electron chi connectivity index (χ2n) is 8.65. The Morgan fingerprint density at radius 1 is 0.944 bits per heavy atom. The number of ketones is 1. The number of alkyl halides is 2. The summed E-state index contributed by atoms with van der Waals surface area (Å²) in [7, 11) is 0. The summed E-state index contributed by atoms with van der Waals surface area (Å²) in [5.74, 6) is -1.77. The van der Waals surface area contributed by atoms with Crippen molar-refractivity contribution >= 4 is 5.78 Å². The first-order valence-electron chi connectivity index (χ1n) is 11.7. The molecule has 0 N–H and O–H groups in total. The molecule has 0 amide bonds. The summed E-state index contributed by atoms with van der Waals surface area (Å²) < 4.78 is 38.7. The highest BCUT2D eigenvalue weighted by atomic mass is 19.3. The van der Waals surface area contributed by atoms with Crippen LogP contribution in [0.1, 0.15) is 47.1 Å². The lowest BCUT2D eigenvalue weighted by molar-refractivity contribution is -0.117. The minimum Gasteiger partial charge on any atom is -0.471 e. The summed E-state index contributed by atoms with van der Waals surface area (Å²) in [6.45, 7) is 5.39. The van der Waals surface area contributed by atoms with Crippen molar-refractivity contribution in [2.75, 3.05) is 0 Å². The molecule has 2 heterocycles. The molecule has 0 aliphatic rings. The molecule has 2 aromatic carbocycles. The number of hydrogen-bond donors (Lipinski definition) is 0. The Hall–Kier alpha value is -3.94. The van der Waals surface area contributed by atoms with E-state index in [2.05, 4.69) is 15.1 Å². The molecule has 0 aliphatic carbocycles. The Labute approximate surface area is 208 Å². The van der Waals surface area contributed by atoms with Crippen molar-refractivity contribution in [1.82, 2.24) is 15.1 Å². The molecular formula is C28H27F2N3O3. The van der Waals surface area contributed by atoms with E-state index in [-0.39, 0.29) is 37.2 Å². The van der Waals surface area contributed by atoms with Crippen LogP contribution in [0.15, 0.2) is 65.4 Å². The molecule has 36 heavy (non-hydrogen) atoms. The summed E-state index contributed by atoms with van der Waals surface area (Å²) in [5, 5.41) is 3.94. The molecule has 8 heteroatoms. The average molecular weight is 492 g/mol. The Bertz CT molecular complexity index is 1310. The number of benzene rings is 2. The third kappa shape index (κ3) is 5.82. The number of carbonyl (C=O) groups excluding carboxylic acids is 1. The van der Waals surface area contributed by atoms with Gasteiger partial charge >= 0.3 is 0 Å².